The normalized spacial score (nSPS) is 11.2. The highest BCUT2D eigenvalue weighted by molar-refractivity contribution is 7.99. The summed E-state index contributed by atoms with van der Waals surface area (Å²) in [5.74, 6) is 0.881. The van der Waals surface area contributed by atoms with Gasteiger partial charge < -0.3 is 4.57 Å². The molecule has 4 rings (SSSR count). The zero-order valence-corrected chi connectivity index (χ0v) is 14.2. The monoisotopic (exact) mass is 339 g/mol. The molecule has 0 aliphatic carbocycles. The maximum absolute atomic E-state index is 4.49. The molecule has 0 unspecified atom stereocenters. The lowest BCUT2D eigenvalue weighted by Crippen LogP contribution is -1.94. The summed E-state index contributed by atoms with van der Waals surface area (Å²) in [5.41, 5.74) is 2.33. The molecule has 0 fully saturated rings. The lowest BCUT2D eigenvalue weighted by Gasteiger charge is -2.05. The van der Waals surface area contributed by atoms with Crippen LogP contribution in [0.4, 0.5) is 0 Å². The molecule has 0 radical (unpaired) electrons. The van der Waals surface area contributed by atoms with Gasteiger partial charge in [0.1, 0.15) is 22.0 Å². The van der Waals surface area contributed by atoms with Crippen molar-refractivity contribution >= 4 is 33.3 Å². The summed E-state index contributed by atoms with van der Waals surface area (Å²) < 4.78 is 1.97. The third kappa shape index (κ3) is 2.51. The van der Waals surface area contributed by atoms with Crippen LogP contribution in [0.15, 0.2) is 52.2 Å². The van der Waals surface area contributed by atoms with Crippen molar-refractivity contribution in [1.82, 2.24) is 24.7 Å². The summed E-state index contributed by atoms with van der Waals surface area (Å²) in [6.07, 6.45) is 1.61. The first kappa shape index (κ1) is 14.3. The largest absolute Gasteiger partial charge is 0.309 e. The molecule has 3 heterocycles. The highest BCUT2D eigenvalue weighted by atomic mass is 32.2. The summed E-state index contributed by atoms with van der Waals surface area (Å²) in [5, 5.41) is 13.3. The van der Waals surface area contributed by atoms with E-state index in [0.29, 0.717) is 0 Å². The number of nitrogens with zero attached hydrogens (tertiary/aromatic N) is 5. The van der Waals surface area contributed by atoms with E-state index in [1.807, 2.05) is 36.7 Å². The Kier molecular flexibility index (Phi) is 3.59. The molecule has 0 spiro atoms. The molecule has 5 nitrogen and oxygen atoms in total. The molecule has 0 bridgehead atoms. The second-order valence-corrected chi connectivity index (χ2v) is 6.88. The topological polar surface area (TPSA) is 56.5 Å². The number of benzene rings is 1. The van der Waals surface area contributed by atoms with Crippen LogP contribution in [0.5, 0.6) is 0 Å². The summed E-state index contributed by atoms with van der Waals surface area (Å²) in [4.78, 5) is 9.88. The minimum absolute atomic E-state index is 0.827. The number of hydrogen-bond acceptors (Lipinski definition) is 6. The molecule has 0 N–H and O–H groups in total. The van der Waals surface area contributed by atoms with Gasteiger partial charge >= 0.3 is 0 Å². The summed E-state index contributed by atoms with van der Waals surface area (Å²) in [6, 6.07) is 10.3. The van der Waals surface area contributed by atoms with Crippen molar-refractivity contribution in [2.75, 3.05) is 0 Å². The molecule has 0 atom stereocenters. The first-order valence-corrected chi connectivity index (χ1v) is 8.75. The van der Waals surface area contributed by atoms with Crippen molar-refractivity contribution in [3.63, 3.8) is 0 Å². The third-order valence-electron chi connectivity index (χ3n) is 3.66. The fourth-order valence-electron chi connectivity index (χ4n) is 2.32. The molecular weight excluding hydrogens is 326 g/mol. The number of thiophene rings is 1. The zero-order chi connectivity index (χ0) is 15.8. The van der Waals surface area contributed by atoms with Crippen LogP contribution < -0.4 is 0 Å². The molecule has 23 heavy (non-hydrogen) atoms. The molecule has 0 aliphatic heterocycles. The fourth-order valence-corrected chi connectivity index (χ4v) is 4.23. The van der Waals surface area contributed by atoms with E-state index in [1.165, 1.54) is 17.3 Å². The Bertz CT molecular complexity index is 975. The van der Waals surface area contributed by atoms with Crippen LogP contribution in [0.25, 0.3) is 21.3 Å². The Morgan fingerprint density at radius 3 is 2.65 bits per heavy atom. The van der Waals surface area contributed by atoms with Gasteiger partial charge in [0.25, 0.3) is 0 Å². The lowest BCUT2D eigenvalue weighted by molar-refractivity contribution is 0.765. The van der Waals surface area contributed by atoms with Crippen LogP contribution in [0, 0.1) is 6.92 Å². The van der Waals surface area contributed by atoms with E-state index in [-0.39, 0.29) is 0 Å². The Balaban J connectivity index is 1.87. The van der Waals surface area contributed by atoms with Gasteiger partial charge in [-0.05, 0) is 24.2 Å². The lowest BCUT2D eigenvalue weighted by atomic mass is 10.1. The molecular formula is C16H13N5S2. The molecule has 0 amide bonds. The van der Waals surface area contributed by atoms with Gasteiger partial charge in [0.15, 0.2) is 5.16 Å². The predicted octanol–water partition coefficient (Wildman–Crippen LogP) is 3.95. The standard InChI is InChI=1S/C16H13N5S2/c1-10-19-20-16(21(10)2)23-15-13-12(11-6-4-3-5-7-11)8-22-14(13)17-9-18-15/h3-9H,1-2H3. The Morgan fingerprint density at radius 2 is 1.91 bits per heavy atom. The minimum Gasteiger partial charge on any atom is -0.309 e. The van der Waals surface area contributed by atoms with Gasteiger partial charge in [0, 0.05) is 18.0 Å². The Labute approximate surface area is 141 Å². The van der Waals surface area contributed by atoms with Crippen LogP contribution in [-0.4, -0.2) is 24.7 Å². The Hall–Kier alpha value is -2.25. The maximum Gasteiger partial charge on any atom is 0.197 e. The average Bonchev–Trinajstić information content (AvgIpc) is 3.15. The van der Waals surface area contributed by atoms with Crippen LogP contribution in [0.1, 0.15) is 5.82 Å². The van der Waals surface area contributed by atoms with Gasteiger partial charge in [-0.2, -0.15) is 0 Å². The van der Waals surface area contributed by atoms with Crippen molar-refractivity contribution in [3.8, 4) is 11.1 Å². The van der Waals surface area contributed by atoms with Crippen LogP contribution in [0.3, 0.4) is 0 Å². The highest BCUT2D eigenvalue weighted by Crippen LogP contribution is 2.39. The Morgan fingerprint density at radius 1 is 1.09 bits per heavy atom. The smallest absolute Gasteiger partial charge is 0.197 e. The van der Waals surface area contributed by atoms with Crippen molar-refractivity contribution in [2.45, 2.75) is 17.1 Å². The number of aromatic nitrogens is 5. The highest BCUT2D eigenvalue weighted by Gasteiger charge is 2.16. The van der Waals surface area contributed by atoms with Crippen LogP contribution in [0.2, 0.25) is 0 Å². The van der Waals surface area contributed by atoms with E-state index < -0.39 is 0 Å². The first-order chi connectivity index (χ1) is 11.2. The first-order valence-electron chi connectivity index (χ1n) is 7.05. The van der Waals surface area contributed by atoms with Gasteiger partial charge in [-0.3, -0.25) is 0 Å². The van der Waals surface area contributed by atoms with Crippen molar-refractivity contribution in [3.05, 3.63) is 47.9 Å². The molecule has 0 aliphatic rings. The van der Waals surface area contributed by atoms with Gasteiger partial charge in [-0.25, -0.2) is 9.97 Å². The predicted molar refractivity (Wildman–Crippen MR) is 92.7 cm³/mol. The van der Waals surface area contributed by atoms with Crippen molar-refractivity contribution < 1.29 is 0 Å². The average molecular weight is 339 g/mol. The maximum atomic E-state index is 4.49. The van der Waals surface area contributed by atoms with Gasteiger partial charge in [-0.15, -0.1) is 21.5 Å². The molecule has 114 valence electrons. The van der Waals surface area contributed by atoms with Crippen LogP contribution >= 0.6 is 23.1 Å². The van der Waals surface area contributed by atoms with Crippen LogP contribution in [-0.2, 0) is 7.05 Å². The van der Waals surface area contributed by atoms with E-state index in [9.17, 15) is 0 Å². The fraction of sp³-hybridized carbons (Fsp3) is 0.125. The number of hydrogen-bond donors (Lipinski definition) is 0. The van der Waals surface area contributed by atoms with Gasteiger partial charge in [0.2, 0.25) is 0 Å². The summed E-state index contributed by atoms with van der Waals surface area (Å²) >= 11 is 3.16. The molecule has 7 heteroatoms. The van der Waals surface area contributed by atoms with Gasteiger partial charge in [0.05, 0.1) is 5.39 Å². The molecule has 4 aromatic rings. The quantitative estimate of drug-likeness (QED) is 0.529. The summed E-state index contributed by atoms with van der Waals surface area (Å²) in [6.45, 7) is 1.94. The minimum atomic E-state index is 0.827. The van der Waals surface area contributed by atoms with E-state index in [0.717, 1.165) is 31.8 Å². The third-order valence-corrected chi connectivity index (χ3v) is 5.59. The number of fused-ring (bicyclic) bond motifs is 1. The molecule has 3 aromatic heterocycles. The molecule has 0 saturated carbocycles. The van der Waals surface area contributed by atoms with Crippen molar-refractivity contribution in [2.24, 2.45) is 7.05 Å². The van der Waals surface area contributed by atoms with E-state index >= 15 is 0 Å². The number of aryl methyl sites for hydroxylation is 1. The molecule has 1 aromatic carbocycles. The second-order valence-electron chi connectivity index (χ2n) is 5.07. The zero-order valence-electron chi connectivity index (χ0n) is 12.6. The molecule has 0 saturated heterocycles. The van der Waals surface area contributed by atoms with Crippen molar-refractivity contribution in [1.29, 1.82) is 0 Å². The summed E-state index contributed by atoms with van der Waals surface area (Å²) in [7, 11) is 1.96. The number of rotatable bonds is 3. The SMILES string of the molecule is Cc1nnc(Sc2ncnc3scc(-c4ccccc4)c23)n1C. The second kappa shape index (κ2) is 5.75. The van der Waals surface area contributed by atoms with E-state index in [1.54, 1.807) is 17.7 Å². The van der Waals surface area contributed by atoms with Gasteiger partial charge in [-0.1, -0.05) is 30.3 Å². The van der Waals surface area contributed by atoms with E-state index in [4.69, 9.17) is 0 Å². The van der Waals surface area contributed by atoms with E-state index in [2.05, 4.69) is 37.7 Å².